The largest absolute Gasteiger partial charge is 0.465 e. The van der Waals surface area contributed by atoms with Gasteiger partial charge in [0.1, 0.15) is 5.92 Å². The molecule has 1 aliphatic rings. The van der Waals surface area contributed by atoms with Crippen molar-refractivity contribution < 1.29 is 32.2 Å². The minimum absolute atomic E-state index is 0.00947. The standard InChI is InChI=1S/C30H30N2O7S/c1-5-22-23-12-8-20(30(34)37-4)14-24(23)31-28(22)27(19-9-13-25-26(15-19)39-16-38-25)29(33)32-40(35,36)21-10-6-18(7-11-21)17(2)3/h6-15,17,27,31H,5,16H2,1-4H3,(H,32,33). The third-order valence-electron chi connectivity index (χ3n) is 7.09. The fourth-order valence-corrected chi connectivity index (χ4v) is 5.97. The number of rotatable bonds is 8. The maximum Gasteiger partial charge on any atom is 0.337 e. The summed E-state index contributed by atoms with van der Waals surface area (Å²) < 4.78 is 44.8. The van der Waals surface area contributed by atoms with Gasteiger partial charge in [0.25, 0.3) is 10.0 Å². The van der Waals surface area contributed by atoms with E-state index < -0.39 is 27.8 Å². The van der Waals surface area contributed by atoms with Gasteiger partial charge in [-0.15, -0.1) is 0 Å². The third kappa shape index (κ3) is 5.02. The number of hydrogen-bond donors (Lipinski definition) is 2. The molecule has 208 valence electrons. The van der Waals surface area contributed by atoms with E-state index >= 15 is 0 Å². The van der Waals surface area contributed by atoms with Crippen LogP contribution in [0.4, 0.5) is 0 Å². The minimum Gasteiger partial charge on any atom is -0.465 e. The summed E-state index contributed by atoms with van der Waals surface area (Å²) in [6, 6.07) is 16.7. The van der Waals surface area contributed by atoms with E-state index in [0.717, 1.165) is 16.5 Å². The second-order valence-corrected chi connectivity index (χ2v) is 11.5. The van der Waals surface area contributed by atoms with E-state index in [1.165, 1.54) is 19.2 Å². The van der Waals surface area contributed by atoms with Crippen molar-refractivity contribution in [2.75, 3.05) is 13.9 Å². The van der Waals surface area contributed by atoms with Gasteiger partial charge in [-0.3, -0.25) is 4.79 Å². The molecule has 3 aromatic carbocycles. The summed E-state index contributed by atoms with van der Waals surface area (Å²) in [5.41, 5.74) is 3.81. The van der Waals surface area contributed by atoms with Crippen LogP contribution in [0, 0.1) is 0 Å². The number of carbonyl (C=O) groups excluding carboxylic acids is 2. The van der Waals surface area contributed by atoms with Crippen LogP contribution >= 0.6 is 0 Å². The smallest absolute Gasteiger partial charge is 0.337 e. The van der Waals surface area contributed by atoms with Crippen LogP contribution in [0.1, 0.15) is 65.3 Å². The number of sulfonamides is 1. The molecule has 1 aromatic heterocycles. The van der Waals surface area contributed by atoms with Crippen molar-refractivity contribution >= 4 is 32.8 Å². The summed E-state index contributed by atoms with van der Waals surface area (Å²) in [6.45, 7) is 6.03. The van der Waals surface area contributed by atoms with Crippen LogP contribution in [0.5, 0.6) is 11.5 Å². The number of esters is 1. The zero-order valence-electron chi connectivity index (χ0n) is 22.6. The van der Waals surface area contributed by atoms with Crippen molar-refractivity contribution in [3.05, 3.63) is 88.6 Å². The molecule has 0 radical (unpaired) electrons. The van der Waals surface area contributed by atoms with Crippen molar-refractivity contribution in [3.63, 3.8) is 0 Å². The number of ether oxygens (including phenoxy) is 3. The van der Waals surface area contributed by atoms with Crippen LogP contribution in [0.15, 0.2) is 65.6 Å². The predicted octanol–water partition coefficient (Wildman–Crippen LogP) is 5.01. The lowest BCUT2D eigenvalue weighted by Crippen LogP contribution is -2.35. The number of methoxy groups -OCH3 is 1. The van der Waals surface area contributed by atoms with Crippen LogP contribution in [0.3, 0.4) is 0 Å². The quantitative estimate of drug-likeness (QED) is 0.290. The molecule has 40 heavy (non-hydrogen) atoms. The first-order chi connectivity index (χ1) is 19.1. The monoisotopic (exact) mass is 562 g/mol. The molecule has 1 atom stereocenters. The number of aromatic nitrogens is 1. The molecule has 2 heterocycles. The normalized spacial score (nSPS) is 13.4. The van der Waals surface area contributed by atoms with Crippen molar-refractivity contribution in [1.29, 1.82) is 0 Å². The number of amides is 1. The Labute approximate surface area is 232 Å². The summed E-state index contributed by atoms with van der Waals surface area (Å²) in [4.78, 5) is 29.3. The molecule has 9 nitrogen and oxygen atoms in total. The summed E-state index contributed by atoms with van der Waals surface area (Å²) in [5.74, 6) is -1.03. The van der Waals surface area contributed by atoms with Gasteiger partial charge in [0, 0.05) is 16.6 Å². The maximum absolute atomic E-state index is 13.9. The number of fused-ring (bicyclic) bond motifs is 2. The molecule has 1 unspecified atom stereocenters. The van der Waals surface area contributed by atoms with Gasteiger partial charge < -0.3 is 19.2 Å². The van der Waals surface area contributed by atoms with E-state index in [9.17, 15) is 18.0 Å². The molecule has 5 rings (SSSR count). The number of H-pyrrole nitrogens is 1. The van der Waals surface area contributed by atoms with Gasteiger partial charge in [0.2, 0.25) is 12.7 Å². The van der Waals surface area contributed by atoms with Crippen LogP contribution < -0.4 is 14.2 Å². The molecule has 1 aliphatic heterocycles. The van der Waals surface area contributed by atoms with Crippen molar-refractivity contribution in [2.45, 2.75) is 43.9 Å². The van der Waals surface area contributed by atoms with Crippen LogP contribution in [0.2, 0.25) is 0 Å². The number of nitrogens with one attached hydrogen (secondary N) is 2. The van der Waals surface area contributed by atoms with Crippen molar-refractivity contribution in [1.82, 2.24) is 9.71 Å². The molecule has 0 aliphatic carbocycles. The molecule has 0 saturated heterocycles. The Kier molecular flexibility index (Phi) is 7.29. The van der Waals surface area contributed by atoms with Gasteiger partial charge in [-0.25, -0.2) is 17.9 Å². The molecule has 0 saturated carbocycles. The fraction of sp³-hybridized carbons (Fsp3) is 0.267. The number of aromatic amines is 1. The Morgan fingerprint density at radius 1 is 0.975 bits per heavy atom. The summed E-state index contributed by atoms with van der Waals surface area (Å²) in [5, 5.41) is 0.816. The zero-order valence-corrected chi connectivity index (χ0v) is 23.4. The summed E-state index contributed by atoms with van der Waals surface area (Å²) in [6.07, 6.45) is 0.546. The first kappa shape index (κ1) is 27.3. The Morgan fingerprint density at radius 3 is 2.35 bits per heavy atom. The highest BCUT2D eigenvalue weighted by molar-refractivity contribution is 7.90. The van der Waals surface area contributed by atoms with E-state index in [0.29, 0.717) is 40.3 Å². The highest BCUT2D eigenvalue weighted by atomic mass is 32.2. The summed E-state index contributed by atoms with van der Waals surface area (Å²) in [7, 11) is -2.87. The van der Waals surface area contributed by atoms with Crippen LogP contribution in [0.25, 0.3) is 10.9 Å². The first-order valence-corrected chi connectivity index (χ1v) is 14.4. The highest BCUT2D eigenvalue weighted by Gasteiger charge is 2.32. The second kappa shape index (κ2) is 10.7. The lowest BCUT2D eigenvalue weighted by molar-refractivity contribution is -0.120. The van der Waals surface area contributed by atoms with E-state index in [-0.39, 0.29) is 17.6 Å². The second-order valence-electron chi connectivity index (χ2n) is 9.86. The number of hydrogen-bond acceptors (Lipinski definition) is 7. The van der Waals surface area contributed by atoms with E-state index in [4.69, 9.17) is 14.2 Å². The number of carbonyl (C=O) groups is 2. The van der Waals surface area contributed by atoms with Crippen LogP contribution in [-0.2, 0) is 26.0 Å². The lowest BCUT2D eigenvalue weighted by Gasteiger charge is -2.19. The first-order valence-electron chi connectivity index (χ1n) is 12.9. The molecule has 0 spiro atoms. The molecule has 10 heteroatoms. The number of benzene rings is 3. The van der Waals surface area contributed by atoms with E-state index in [1.54, 1.807) is 48.5 Å². The van der Waals surface area contributed by atoms with Crippen LogP contribution in [-0.4, -0.2) is 39.2 Å². The fourth-order valence-electron chi connectivity index (χ4n) is 4.97. The molecule has 0 bridgehead atoms. The maximum atomic E-state index is 13.9. The van der Waals surface area contributed by atoms with Crippen molar-refractivity contribution in [3.8, 4) is 11.5 Å². The Hall–Kier alpha value is -4.31. The third-order valence-corrected chi connectivity index (χ3v) is 8.45. The lowest BCUT2D eigenvalue weighted by atomic mass is 9.91. The SMILES string of the molecule is CCc1c(C(C(=O)NS(=O)(=O)c2ccc(C(C)C)cc2)c2ccc3c(c2)OCO3)[nH]c2cc(C(=O)OC)ccc12. The molecule has 1 amide bonds. The average molecular weight is 563 g/mol. The Balaban J connectivity index is 1.60. The number of aryl methyl sites for hydroxylation is 1. The van der Waals surface area contributed by atoms with Gasteiger partial charge in [-0.2, -0.15) is 0 Å². The molecule has 2 N–H and O–H groups in total. The molecular weight excluding hydrogens is 532 g/mol. The highest BCUT2D eigenvalue weighted by Crippen LogP contribution is 2.39. The molecule has 0 fully saturated rings. The molecule has 4 aromatic rings. The van der Waals surface area contributed by atoms with Crippen molar-refractivity contribution in [2.24, 2.45) is 0 Å². The van der Waals surface area contributed by atoms with Gasteiger partial charge in [0.15, 0.2) is 11.5 Å². The Bertz CT molecular complexity index is 1710. The van der Waals surface area contributed by atoms with Gasteiger partial charge in [-0.05, 0) is 65.4 Å². The zero-order chi connectivity index (χ0) is 28.6. The van der Waals surface area contributed by atoms with Gasteiger partial charge in [-0.1, -0.05) is 45.0 Å². The Morgan fingerprint density at radius 2 is 1.68 bits per heavy atom. The molecular formula is C30H30N2O7S. The minimum atomic E-state index is -4.18. The predicted molar refractivity (Wildman–Crippen MR) is 149 cm³/mol. The summed E-state index contributed by atoms with van der Waals surface area (Å²) >= 11 is 0. The van der Waals surface area contributed by atoms with Gasteiger partial charge in [0.05, 0.1) is 17.6 Å². The van der Waals surface area contributed by atoms with E-state index in [2.05, 4.69) is 9.71 Å². The van der Waals surface area contributed by atoms with Gasteiger partial charge >= 0.3 is 5.97 Å². The topological polar surface area (TPSA) is 124 Å². The van der Waals surface area contributed by atoms with E-state index in [1.807, 2.05) is 20.8 Å². The average Bonchev–Trinajstić information content (AvgIpc) is 3.56.